The molecular weight excluding hydrogens is 204 g/mol. The monoisotopic (exact) mass is 214 g/mol. The summed E-state index contributed by atoms with van der Waals surface area (Å²) in [4.78, 5) is 21.8. The first-order valence-electron chi connectivity index (χ1n) is 4.07. The number of carboxylic acids is 2. The highest BCUT2D eigenvalue weighted by molar-refractivity contribution is 7.16. The van der Waals surface area contributed by atoms with Crippen molar-refractivity contribution >= 4 is 23.3 Å². The molecule has 0 spiro atoms. The lowest BCUT2D eigenvalue weighted by atomic mass is 10.1. The van der Waals surface area contributed by atoms with Crippen LogP contribution in [0.25, 0.3) is 0 Å². The lowest BCUT2D eigenvalue weighted by Gasteiger charge is -1.96. The van der Waals surface area contributed by atoms with Crippen LogP contribution in [0, 0.1) is 6.92 Å². The van der Waals surface area contributed by atoms with E-state index in [4.69, 9.17) is 10.2 Å². The summed E-state index contributed by atoms with van der Waals surface area (Å²) in [6.07, 6.45) is 0.539. The molecule has 0 aliphatic carbocycles. The minimum absolute atomic E-state index is 0.124. The molecule has 4 nitrogen and oxygen atoms in total. The lowest BCUT2D eigenvalue weighted by Crippen LogP contribution is -1.98. The zero-order chi connectivity index (χ0) is 10.9. The molecule has 0 radical (unpaired) electrons. The Labute approximate surface area is 84.8 Å². The van der Waals surface area contributed by atoms with Gasteiger partial charge in [0.1, 0.15) is 9.75 Å². The second-order valence-corrected chi connectivity index (χ2v) is 3.85. The molecule has 0 fully saturated rings. The van der Waals surface area contributed by atoms with Crippen molar-refractivity contribution in [2.24, 2.45) is 0 Å². The van der Waals surface area contributed by atoms with Crippen LogP contribution in [0.1, 0.15) is 37.4 Å². The number of thiophene rings is 1. The zero-order valence-electron chi connectivity index (χ0n) is 7.83. The molecule has 0 aromatic carbocycles. The van der Waals surface area contributed by atoms with Crippen molar-refractivity contribution in [3.63, 3.8) is 0 Å². The van der Waals surface area contributed by atoms with Crippen molar-refractivity contribution in [1.82, 2.24) is 0 Å². The summed E-state index contributed by atoms with van der Waals surface area (Å²) < 4.78 is 0. The van der Waals surface area contributed by atoms with E-state index in [2.05, 4.69) is 0 Å². The van der Waals surface area contributed by atoms with Gasteiger partial charge < -0.3 is 10.2 Å². The summed E-state index contributed by atoms with van der Waals surface area (Å²) >= 11 is 0.828. The van der Waals surface area contributed by atoms with Crippen molar-refractivity contribution in [3.05, 3.63) is 20.9 Å². The van der Waals surface area contributed by atoms with E-state index in [0.29, 0.717) is 17.5 Å². The Hall–Kier alpha value is -1.36. The van der Waals surface area contributed by atoms with Gasteiger partial charge in [0.25, 0.3) is 0 Å². The summed E-state index contributed by atoms with van der Waals surface area (Å²) in [6.45, 7) is 3.46. The standard InChI is InChI=1S/C9H10O4S/c1-3-5-4(2)6(8(10)11)14-7(5)9(12)13/h3H2,1-2H3,(H,10,11)(H,12,13). The van der Waals surface area contributed by atoms with E-state index in [9.17, 15) is 9.59 Å². The molecule has 0 aliphatic heterocycles. The van der Waals surface area contributed by atoms with Gasteiger partial charge in [0, 0.05) is 0 Å². The van der Waals surface area contributed by atoms with E-state index in [1.54, 1.807) is 6.92 Å². The summed E-state index contributed by atoms with van der Waals surface area (Å²) in [5.41, 5.74) is 1.20. The van der Waals surface area contributed by atoms with Gasteiger partial charge in [-0.15, -0.1) is 11.3 Å². The maximum atomic E-state index is 10.8. The van der Waals surface area contributed by atoms with Crippen LogP contribution in [0.3, 0.4) is 0 Å². The van der Waals surface area contributed by atoms with Crippen molar-refractivity contribution in [2.45, 2.75) is 20.3 Å². The van der Waals surface area contributed by atoms with Crippen molar-refractivity contribution < 1.29 is 19.8 Å². The number of carboxylic acid groups (broad SMARTS) is 2. The van der Waals surface area contributed by atoms with Gasteiger partial charge in [0.05, 0.1) is 0 Å². The van der Waals surface area contributed by atoms with Gasteiger partial charge in [0.15, 0.2) is 0 Å². The smallest absolute Gasteiger partial charge is 0.346 e. The third kappa shape index (κ3) is 1.63. The van der Waals surface area contributed by atoms with Crippen LogP contribution in [0.2, 0.25) is 0 Å². The molecule has 2 N–H and O–H groups in total. The van der Waals surface area contributed by atoms with E-state index in [1.165, 1.54) is 0 Å². The summed E-state index contributed by atoms with van der Waals surface area (Å²) in [5, 5.41) is 17.6. The maximum Gasteiger partial charge on any atom is 0.346 e. The van der Waals surface area contributed by atoms with Crippen LogP contribution in [-0.2, 0) is 6.42 Å². The first-order valence-corrected chi connectivity index (χ1v) is 4.89. The van der Waals surface area contributed by atoms with E-state index in [-0.39, 0.29) is 9.75 Å². The quantitative estimate of drug-likeness (QED) is 0.807. The second-order valence-electron chi connectivity index (χ2n) is 2.83. The maximum absolute atomic E-state index is 10.8. The first-order chi connectivity index (χ1) is 6.49. The van der Waals surface area contributed by atoms with Crippen LogP contribution >= 0.6 is 11.3 Å². The van der Waals surface area contributed by atoms with Crippen LogP contribution in [-0.4, -0.2) is 22.2 Å². The fourth-order valence-corrected chi connectivity index (χ4v) is 2.43. The Morgan fingerprint density at radius 1 is 1.21 bits per heavy atom. The van der Waals surface area contributed by atoms with Crippen molar-refractivity contribution in [3.8, 4) is 0 Å². The molecule has 0 amide bonds. The third-order valence-electron chi connectivity index (χ3n) is 2.01. The van der Waals surface area contributed by atoms with Gasteiger partial charge in [-0.05, 0) is 24.5 Å². The highest BCUT2D eigenvalue weighted by Crippen LogP contribution is 2.28. The normalized spacial score (nSPS) is 10.1. The molecule has 1 rings (SSSR count). The number of hydrogen-bond donors (Lipinski definition) is 2. The van der Waals surface area contributed by atoms with E-state index in [0.717, 1.165) is 11.3 Å². The number of aromatic carboxylic acids is 2. The SMILES string of the molecule is CCc1c(C(=O)O)sc(C(=O)O)c1C. The van der Waals surface area contributed by atoms with Gasteiger partial charge >= 0.3 is 11.9 Å². The minimum atomic E-state index is -1.06. The fraction of sp³-hybridized carbons (Fsp3) is 0.333. The molecule has 0 saturated heterocycles. The molecule has 76 valence electrons. The zero-order valence-corrected chi connectivity index (χ0v) is 8.64. The molecule has 0 aliphatic rings. The highest BCUT2D eigenvalue weighted by atomic mass is 32.1. The molecule has 0 saturated carbocycles. The van der Waals surface area contributed by atoms with Gasteiger partial charge in [-0.1, -0.05) is 6.92 Å². The van der Waals surface area contributed by atoms with Gasteiger partial charge in [0.2, 0.25) is 0 Å². The van der Waals surface area contributed by atoms with Crippen LogP contribution in [0.4, 0.5) is 0 Å². The number of carbonyl (C=O) groups is 2. The first kappa shape index (κ1) is 10.7. The molecule has 0 bridgehead atoms. The van der Waals surface area contributed by atoms with Crippen LogP contribution in [0.5, 0.6) is 0 Å². The Morgan fingerprint density at radius 3 is 2.00 bits per heavy atom. The molecular formula is C9H10O4S. The van der Waals surface area contributed by atoms with Crippen molar-refractivity contribution in [1.29, 1.82) is 0 Å². The average molecular weight is 214 g/mol. The molecule has 5 heteroatoms. The summed E-state index contributed by atoms with van der Waals surface area (Å²) in [6, 6.07) is 0. The molecule has 0 unspecified atom stereocenters. The van der Waals surface area contributed by atoms with Gasteiger partial charge in [-0.3, -0.25) is 0 Å². The number of hydrogen-bond acceptors (Lipinski definition) is 3. The Kier molecular flexibility index (Phi) is 2.90. The van der Waals surface area contributed by atoms with E-state index >= 15 is 0 Å². The highest BCUT2D eigenvalue weighted by Gasteiger charge is 2.21. The predicted octanol–water partition coefficient (Wildman–Crippen LogP) is 2.02. The van der Waals surface area contributed by atoms with Crippen LogP contribution < -0.4 is 0 Å². The fourth-order valence-electron chi connectivity index (χ4n) is 1.35. The summed E-state index contributed by atoms with van der Waals surface area (Å²) in [7, 11) is 0. The number of rotatable bonds is 3. The Bertz CT molecular complexity index is 392. The van der Waals surface area contributed by atoms with Gasteiger partial charge in [-0.2, -0.15) is 0 Å². The Balaban J connectivity index is 3.39. The average Bonchev–Trinajstić information content (AvgIpc) is 2.42. The van der Waals surface area contributed by atoms with Gasteiger partial charge in [-0.25, -0.2) is 9.59 Å². The molecule has 0 atom stereocenters. The third-order valence-corrected chi connectivity index (χ3v) is 3.32. The minimum Gasteiger partial charge on any atom is -0.477 e. The molecule has 1 heterocycles. The van der Waals surface area contributed by atoms with E-state index < -0.39 is 11.9 Å². The van der Waals surface area contributed by atoms with Crippen molar-refractivity contribution in [2.75, 3.05) is 0 Å². The topological polar surface area (TPSA) is 74.6 Å². The van der Waals surface area contributed by atoms with Crippen LogP contribution in [0.15, 0.2) is 0 Å². The van der Waals surface area contributed by atoms with E-state index in [1.807, 2.05) is 6.92 Å². The second kappa shape index (κ2) is 3.79. The molecule has 1 aromatic rings. The molecule has 14 heavy (non-hydrogen) atoms. The predicted molar refractivity (Wildman–Crippen MR) is 52.4 cm³/mol. The molecule has 1 aromatic heterocycles. The Morgan fingerprint density at radius 2 is 1.71 bits per heavy atom. The largest absolute Gasteiger partial charge is 0.477 e. The lowest BCUT2D eigenvalue weighted by molar-refractivity contribution is 0.0691. The summed E-state index contributed by atoms with van der Waals surface area (Å²) in [5.74, 6) is -2.11.